The molecule has 0 saturated heterocycles. The van der Waals surface area contributed by atoms with E-state index < -0.39 is 5.60 Å². The number of ether oxygens (including phenoxy) is 3. The van der Waals surface area contributed by atoms with Crippen molar-refractivity contribution in [3.8, 4) is 23.3 Å². The van der Waals surface area contributed by atoms with Crippen LogP contribution in [0.3, 0.4) is 0 Å². The van der Waals surface area contributed by atoms with E-state index in [1.165, 1.54) is 0 Å². The minimum atomic E-state index is -0.543. The molecule has 0 radical (unpaired) electrons. The second-order valence-electron chi connectivity index (χ2n) is 9.13. The number of benzene rings is 1. The van der Waals surface area contributed by atoms with Gasteiger partial charge in [0.2, 0.25) is 11.7 Å². The Labute approximate surface area is 201 Å². The van der Waals surface area contributed by atoms with Crippen molar-refractivity contribution in [2.24, 2.45) is 0 Å². The molecule has 8 heteroatoms. The lowest BCUT2D eigenvalue weighted by Gasteiger charge is -2.29. The van der Waals surface area contributed by atoms with Gasteiger partial charge in [-0.25, -0.2) is 9.78 Å². The molecule has 0 bridgehead atoms. The van der Waals surface area contributed by atoms with Crippen molar-refractivity contribution in [3.05, 3.63) is 59.5 Å². The molecule has 34 heavy (non-hydrogen) atoms. The van der Waals surface area contributed by atoms with Crippen LogP contribution in [0, 0.1) is 6.92 Å². The van der Waals surface area contributed by atoms with Crippen LogP contribution in [0.2, 0.25) is 0 Å². The third kappa shape index (κ3) is 5.68. The van der Waals surface area contributed by atoms with E-state index in [0.717, 1.165) is 23.4 Å². The summed E-state index contributed by atoms with van der Waals surface area (Å²) in [7, 11) is 3.29. The van der Waals surface area contributed by atoms with E-state index in [4.69, 9.17) is 14.2 Å². The van der Waals surface area contributed by atoms with Crippen LogP contribution in [-0.2, 0) is 11.2 Å². The zero-order valence-electron chi connectivity index (χ0n) is 21.2. The van der Waals surface area contributed by atoms with Crippen LogP contribution in [0.15, 0.2) is 42.6 Å². The minimum Gasteiger partial charge on any atom is -0.478 e. The third-order valence-corrected chi connectivity index (χ3v) is 5.47. The first-order valence-corrected chi connectivity index (χ1v) is 11.4. The quantitative estimate of drug-likeness (QED) is 0.433. The molecule has 2 aromatic heterocycles. The Balaban J connectivity index is 1.75. The predicted octanol–water partition coefficient (Wildman–Crippen LogP) is 5.87. The number of aryl methyl sites for hydroxylation is 2. The van der Waals surface area contributed by atoms with Crippen molar-refractivity contribution >= 4 is 6.09 Å². The Bertz CT molecular complexity index is 1130. The first-order chi connectivity index (χ1) is 16.0. The molecule has 3 aromatic rings. The Morgan fingerprint density at radius 1 is 1.15 bits per heavy atom. The molecular formula is C26H34N4O4. The lowest BCUT2D eigenvalue weighted by molar-refractivity contribution is 0.0234. The molecule has 0 saturated carbocycles. The number of carbonyl (C=O) groups excluding carboxylic acids is 1. The highest BCUT2D eigenvalue weighted by Crippen LogP contribution is 2.29. The van der Waals surface area contributed by atoms with E-state index >= 15 is 0 Å². The number of amides is 1. The summed E-state index contributed by atoms with van der Waals surface area (Å²) in [6.45, 7) is 11.6. The molecule has 1 atom stereocenters. The zero-order chi connectivity index (χ0) is 25.0. The van der Waals surface area contributed by atoms with Gasteiger partial charge in [-0.15, -0.1) is 0 Å². The summed E-state index contributed by atoms with van der Waals surface area (Å²) in [6, 6.07) is 11.5. The monoisotopic (exact) mass is 466 g/mol. The fourth-order valence-electron chi connectivity index (χ4n) is 3.51. The van der Waals surface area contributed by atoms with Crippen LogP contribution in [0.5, 0.6) is 17.5 Å². The van der Waals surface area contributed by atoms with Gasteiger partial charge in [-0.05, 0) is 70.9 Å². The molecule has 182 valence electrons. The first-order valence-electron chi connectivity index (χ1n) is 11.4. The van der Waals surface area contributed by atoms with Crippen LogP contribution in [-0.4, -0.2) is 45.3 Å². The summed E-state index contributed by atoms with van der Waals surface area (Å²) in [5.74, 6) is 1.95. The van der Waals surface area contributed by atoms with Gasteiger partial charge in [0, 0.05) is 18.4 Å². The zero-order valence-corrected chi connectivity index (χ0v) is 21.2. The van der Waals surface area contributed by atoms with Gasteiger partial charge >= 0.3 is 6.09 Å². The van der Waals surface area contributed by atoms with Crippen molar-refractivity contribution in [2.45, 2.75) is 59.6 Å². The van der Waals surface area contributed by atoms with Crippen LogP contribution in [0.25, 0.3) is 5.82 Å². The second-order valence-corrected chi connectivity index (χ2v) is 9.13. The fourth-order valence-corrected chi connectivity index (χ4v) is 3.51. The number of hydrogen-bond acceptors (Lipinski definition) is 6. The standard InChI is InChI=1S/C26H34N4O4/c1-9-20-13-10-17(2)30(20)23-24(32-8)28-22(16-27-23)33-21-14-11-19(12-15-21)18(3)29(7)25(31)34-26(4,5)6/h10-16,18H,9H2,1-8H3/t18-/m1/s1. The van der Waals surface area contributed by atoms with E-state index in [0.29, 0.717) is 23.3 Å². The van der Waals surface area contributed by atoms with Gasteiger partial charge in [-0.3, -0.25) is 4.57 Å². The maximum atomic E-state index is 12.4. The molecule has 1 aromatic carbocycles. The van der Waals surface area contributed by atoms with E-state index in [2.05, 4.69) is 23.0 Å². The Hall–Kier alpha value is -3.55. The molecule has 0 aliphatic heterocycles. The van der Waals surface area contributed by atoms with Gasteiger partial charge in [0.05, 0.1) is 19.3 Å². The summed E-state index contributed by atoms with van der Waals surface area (Å²) in [4.78, 5) is 23.0. The summed E-state index contributed by atoms with van der Waals surface area (Å²) < 4.78 is 18.9. The number of methoxy groups -OCH3 is 1. The molecule has 0 unspecified atom stereocenters. The lowest BCUT2D eigenvalue weighted by atomic mass is 10.1. The molecule has 0 fully saturated rings. The van der Waals surface area contributed by atoms with E-state index in [-0.39, 0.29) is 12.1 Å². The third-order valence-electron chi connectivity index (χ3n) is 5.47. The molecular weight excluding hydrogens is 432 g/mol. The first kappa shape index (κ1) is 25.1. The van der Waals surface area contributed by atoms with Gasteiger partial charge in [0.25, 0.3) is 5.88 Å². The van der Waals surface area contributed by atoms with Crippen molar-refractivity contribution < 1.29 is 19.0 Å². The summed E-state index contributed by atoms with van der Waals surface area (Å²) in [6.07, 6.45) is 2.08. The Morgan fingerprint density at radius 3 is 2.41 bits per heavy atom. The second kappa shape index (κ2) is 10.2. The highest BCUT2D eigenvalue weighted by molar-refractivity contribution is 5.68. The lowest BCUT2D eigenvalue weighted by Crippen LogP contribution is -2.35. The molecule has 0 aliphatic rings. The maximum Gasteiger partial charge on any atom is 0.410 e. The smallest absolute Gasteiger partial charge is 0.410 e. The van der Waals surface area contributed by atoms with Gasteiger partial charge < -0.3 is 19.1 Å². The van der Waals surface area contributed by atoms with Crippen LogP contribution < -0.4 is 9.47 Å². The molecule has 3 rings (SSSR count). The van der Waals surface area contributed by atoms with Crippen LogP contribution in [0.1, 0.15) is 57.6 Å². The Morgan fingerprint density at radius 2 is 1.82 bits per heavy atom. The molecule has 8 nitrogen and oxygen atoms in total. The Kier molecular flexibility index (Phi) is 7.49. The maximum absolute atomic E-state index is 12.4. The SMILES string of the molecule is CCc1ccc(C)n1-c1ncc(Oc2ccc([C@@H](C)N(C)C(=O)OC(C)(C)C)cc2)nc1OC. The molecule has 0 N–H and O–H groups in total. The number of hydrogen-bond donors (Lipinski definition) is 0. The summed E-state index contributed by atoms with van der Waals surface area (Å²) in [5, 5.41) is 0. The van der Waals surface area contributed by atoms with Crippen molar-refractivity contribution in [1.82, 2.24) is 19.4 Å². The van der Waals surface area contributed by atoms with E-state index in [1.807, 2.05) is 69.5 Å². The van der Waals surface area contributed by atoms with Crippen molar-refractivity contribution in [2.75, 3.05) is 14.2 Å². The van der Waals surface area contributed by atoms with E-state index in [9.17, 15) is 4.79 Å². The van der Waals surface area contributed by atoms with Gasteiger partial charge in [0.1, 0.15) is 11.4 Å². The van der Waals surface area contributed by atoms with E-state index in [1.54, 1.807) is 25.3 Å². The number of nitrogens with zero attached hydrogens (tertiary/aromatic N) is 4. The van der Waals surface area contributed by atoms with Crippen LogP contribution >= 0.6 is 0 Å². The topological polar surface area (TPSA) is 78.7 Å². The summed E-state index contributed by atoms with van der Waals surface area (Å²) in [5.41, 5.74) is 2.59. The number of aromatic nitrogens is 3. The minimum absolute atomic E-state index is 0.166. The highest BCUT2D eigenvalue weighted by Gasteiger charge is 2.24. The molecule has 0 aliphatic carbocycles. The average molecular weight is 467 g/mol. The largest absolute Gasteiger partial charge is 0.478 e. The van der Waals surface area contributed by atoms with Crippen LogP contribution in [0.4, 0.5) is 4.79 Å². The van der Waals surface area contributed by atoms with Gasteiger partial charge in [-0.2, -0.15) is 4.98 Å². The summed E-state index contributed by atoms with van der Waals surface area (Å²) >= 11 is 0. The molecule has 2 heterocycles. The fraction of sp³-hybridized carbons (Fsp3) is 0.423. The average Bonchev–Trinajstić information content (AvgIpc) is 3.17. The normalized spacial score (nSPS) is 12.2. The molecule has 1 amide bonds. The van der Waals surface area contributed by atoms with Crippen molar-refractivity contribution in [1.29, 1.82) is 0 Å². The van der Waals surface area contributed by atoms with Crippen molar-refractivity contribution in [3.63, 3.8) is 0 Å². The highest BCUT2D eigenvalue weighted by atomic mass is 16.6. The van der Waals surface area contributed by atoms with Gasteiger partial charge in [0.15, 0.2) is 0 Å². The van der Waals surface area contributed by atoms with Gasteiger partial charge in [-0.1, -0.05) is 19.1 Å². The number of carbonyl (C=O) groups is 1. The number of rotatable bonds is 7. The predicted molar refractivity (Wildman–Crippen MR) is 131 cm³/mol. The molecule has 0 spiro atoms.